The van der Waals surface area contributed by atoms with Crippen molar-refractivity contribution in [2.75, 3.05) is 18.4 Å². The van der Waals surface area contributed by atoms with Crippen LogP contribution >= 0.6 is 11.6 Å². The van der Waals surface area contributed by atoms with Gasteiger partial charge in [0.1, 0.15) is 12.4 Å². The van der Waals surface area contributed by atoms with Crippen molar-refractivity contribution in [3.8, 4) is 0 Å². The first-order valence-corrected chi connectivity index (χ1v) is 10.5. The second-order valence-corrected chi connectivity index (χ2v) is 7.93. The summed E-state index contributed by atoms with van der Waals surface area (Å²) in [7, 11) is 0. The van der Waals surface area contributed by atoms with Gasteiger partial charge in [0.25, 0.3) is 11.5 Å². The molecule has 0 bridgehead atoms. The molecule has 1 aliphatic heterocycles. The number of amides is 2. The number of carbonyl (C=O) groups is 2. The first kappa shape index (κ1) is 21.1. The molecule has 6 nitrogen and oxygen atoms in total. The van der Waals surface area contributed by atoms with Crippen molar-refractivity contribution < 1.29 is 14.0 Å². The fourth-order valence-electron chi connectivity index (χ4n) is 3.87. The van der Waals surface area contributed by atoms with E-state index in [1.165, 1.54) is 22.8 Å². The van der Waals surface area contributed by atoms with Gasteiger partial charge in [0.2, 0.25) is 5.91 Å². The van der Waals surface area contributed by atoms with E-state index in [0.717, 1.165) is 25.3 Å². The number of nitrogens with one attached hydrogen (secondary N) is 1. The fourth-order valence-corrected chi connectivity index (χ4v) is 4.03. The molecule has 4 rings (SSSR count). The van der Waals surface area contributed by atoms with Gasteiger partial charge in [-0.25, -0.2) is 4.39 Å². The molecule has 2 heterocycles. The summed E-state index contributed by atoms with van der Waals surface area (Å²) in [6.45, 7) is 1.05. The zero-order valence-corrected chi connectivity index (χ0v) is 17.5. The van der Waals surface area contributed by atoms with Crippen LogP contribution in [0, 0.1) is 5.82 Å². The van der Waals surface area contributed by atoms with Crippen LogP contribution in [-0.4, -0.2) is 34.4 Å². The minimum atomic E-state index is -0.539. The van der Waals surface area contributed by atoms with Gasteiger partial charge in [-0.2, -0.15) is 0 Å². The summed E-state index contributed by atoms with van der Waals surface area (Å²) < 4.78 is 14.8. The van der Waals surface area contributed by atoms with Crippen LogP contribution in [0.5, 0.6) is 0 Å². The summed E-state index contributed by atoms with van der Waals surface area (Å²) in [5, 5.41) is 3.33. The van der Waals surface area contributed by atoms with Crippen molar-refractivity contribution >= 4 is 40.0 Å². The SMILES string of the molecule is O=C(Cn1c(=O)cc(C(=O)N2CCCCC2)c2ccccc21)Nc1cc(F)ccc1Cl. The molecule has 2 amide bonds. The quantitative estimate of drug-likeness (QED) is 0.663. The number of fused-ring (bicyclic) bond motifs is 1. The van der Waals surface area contributed by atoms with E-state index in [-0.39, 0.29) is 23.2 Å². The molecule has 0 spiro atoms. The third-order valence-corrected chi connectivity index (χ3v) is 5.73. The van der Waals surface area contributed by atoms with Crippen molar-refractivity contribution in [1.82, 2.24) is 9.47 Å². The molecule has 2 aromatic carbocycles. The molecular formula is C23H21ClFN3O3. The molecule has 0 saturated carbocycles. The lowest BCUT2D eigenvalue weighted by Gasteiger charge is -2.27. The molecule has 31 heavy (non-hydrogen) atoms. The minimum absolute atomic E-state index is 0.126. The number of halogens is 2. The molecule has 0 radical (unpaired) electrons. The number of piperidine rings is 1. The van der Waals surface area contributed by atoms with Gasteiger partial charge in [-0.05, 0) is 43.5 Å². The van der Waals surface area contributed by atoms with Gasteiger partial charge >= 0.3 is 0 Å². The van der Waals surface area contributed by atoms with E-state index in [4.69, 9.17) is 11.6 Å². The minimum Gasteiger partial charge on any atom is -0.339 e. The van der Waals surface area contributed by atoms with Crippen LogP contribution in [0.4, 0.5) is 10.1 Å². The van der Waals surface area contributed by atoms with E-state index >= 15 is 0 Å². The zero-order valence-electron chi connectivity index (χ0n) is 16.7. The molecule has 3 aromatic rings. The van der Waals surface area contributed by atoms with E-state index in [1.54, 1.807) is 29.2 Å². The number of aromatic nitrogens is 1. The maximum atomic E-state index is 13.5. The van der Waals surface area contributed by atoms with E-state index in [0.29, 0.717) is 29.6 Å². The number of benzene rings is 2. The Labute approximate surface area is 183 Å². The highest BCUT2D eigenvalue weighted by atomic mass is 35.5. The van der Waals surface area contributed by atoms with Gasteiger partial charge in [-0.3, -0.25) is 19.0 Å². The Kier molecular flexibility index (Phi) is 6.04. The summed E-state index contributed by atoms with van der Waals surface area (Å²) in [6, 6.07) is 11.9. The van der Waals surface area contributed by atoms with Crippen LogP contribution in [0.15, 0.2) is 53.3 Å². The Hall–Kier alpha value is -3.19. The largest absolute Gasteiger partial charge is 0.339 e. The molecular weight excluding hydrogens is 421 g/mol. The molecule has 8 heteroatoms. The molecule has 0 atom stereocenters. The van der Waals surface area contributed by atoms with Crippen molar-refractivity contribution in [1.29, 1.82) is 0 Å². The predicted octanol–water partition coefficient (Wildman–Crippen LogP) is 4.06. The van der Waals surface area contributed by atoms with Crippen LogP contribution in [0.1, 0.15) is 29.6 Å². The maximum Gasteiger partial charge on any atom is 0.254 e. The highest BCUT2D eigenvalue weighted by Crippen LogP contribution is 2.23. The second kappa shape index (κ2) is 8.89. The topological polar surface area (TPSA) is 71.4 Å². The highest BCUT2D eigenvalue weighted by Gasteiger charge is 2.22. The van der Waals surface area contributed by atoms with Gasteiger partial charge in [0, 0.05) is 24.5 Å². The third kappa shape index (κ3) is 4.46. The predicted molar refractivity (Wildman–Crippen MR) is 118 cm³/mol. The fraction of sp³-hybridized carbons (Fsp3) is 0.261. The first-order valence-electron chi connectivity index (χ1n) is 10.1. The lowest BCUT2D eigenvalue weighted by molar-refractivity contribution is -0.116. The summed E-state index contributed by atoms with van der Waals surface area (Å²) in [5.41, 5.74) is 0.489. The van der Waals surface area contributed by atoms with Crippen LogP contribution < -0.4 is 10.9 Å². The Morgan fingerprint density at radius 3 is 2.55 bits per heavy atom. The van der Waals surface area contributed by atoms with Gasteiger partial charge in [0.05, 0.1) is 21.8 Å². The van der Waals surface area contributed by atoms with Crippen molar-refractivity contribution in [2.24, 2.45) is 0 Å². The normalized spacial score (nSPS) is 13.9. The number of carbonyl (C=O) groups excluding carboxylic acids is 2. The number of hydrogen-bond donors (Lipinski definition) is 1. The monoisotopic (exact) mass is 441 g/mol. The number of likely N-dealkylation sites (tertiary alicyclic amines) is 1. The Bertz CT molecular complexity index is 1220. The third-order valence-electron chi connectivity index (χ3n) is 5.40. The highest BCUT2D eigenvalue weighted by molar-refractivity contribution is 6.33. The molecule has 1 N–H and O–H groups in total. The van der Waals surface area contributed by atoms with E-state index < -0.39 is 17.3 Å². The van der Waals surface area contributed by atoms with E-state index in [1.807, 2.05) is 0 Å². The molecule has 0 unspecified atom stereocenters. The van der Waals surface area contributed by atoms with Gasteiger partial charge in [-0.1, -0.05) is 29.8 Å². The standard InChI is InChI=1S/C23H21ClFN3O3/c24-18-9-8-15(25)12-19(18)26-21(29)14-28-20-7-3-2-6-16(20)17(13-22(28)30)23(31)27-10-4-1-5-11-27/h2-3,6-9,12-13H,1,4-5,10-11,14H2,(H,26,29). The zero-order chi connectivity index (χ0) is 22.0. The number of para-hydroxylation sites is 1. The lowest BCUT2D eigenvalue weighted by atomic mass is 10.0. The molecule has 1 saturated heterocycles. The van der Waals surface area contributed by atoms with Crippen LogP contribution in [0.2, 0.25) is 5.02 Å². The first-order chi connectivity index (χ1) is 14.9. The van der Waals surface area contributed by atoms with Crippen molar-refractivity contribution in [2.45, 2.75) is 25.8 Å². The number of anilines is 1. The molecule has 160 valence electrons. The van der Waals surface area contributed by atoms with Crippen LogP contribution in [0.3, 0.4) is 0 Å². The number of rotatable bonds is 4. The Morgan fingerprint density at radius 2 is 1.77 bits per heavy atom. The summed E-state index contributed by atoms with van der Waals surface area (Å²) >= 11 is 6.01. The van der Waals surface area contributed by atoms with Gasteiger partial charge in [0.15, 0.2) is 0 Å². The molecule has 1 aliphatic rings. The summed E-state index contributed by atoms with van der Waals surface area (Å²) in [5.74, 6) is -1.24. The summed E-state index contributed by atoms with van der Waals surface area (Å²) in [6.07, 6.45) is 2.99. The molecule has 1 aromatic heterocycles. The Balaban J connectivity index is 1.67. The van der Waals surface area contributed by atoms with E-state index in [2.05, 4.69) is 5.32 Å². The van der Waals surface area contributed by atoms with Gasteiger partial charge in [-0.15, -0.1) is 0 Å². The molecule has 0 aliphatic carbocycles. The van der Waals surface area contributed by atoms with Crippen LogP contribution in [0.25, 0.3) is 10.9 Å². The number of hydrogen-bond acceptors (Lipinski definition) is 3. The van der Waals surface area contributed by atoms with Gasteiger partial charge < -0.3 is 10.2 Å². The maximum absolute atomic E-state index is 13.5. The number of nitrogens with zero attached hydrogens (tertiary/aromatic N) is 2. The average Bonchev–Trinajstić information content (AvgIpc) is 2.78. The summed E-state index contributed by atoms with van der Waals surface area (Å²) in [4.78, 5) is 40.3. The van der Waals surface area contributed by atoms with Crippen molar-refractivity contribution in [3.05, 3.63) is 75.3 Å². The molecule has 1 fully saturated rings. The smallest absolute Gasteiger partial charge is 0.254 e. The Morgan fingerprint density at radius 1 is 1.03 bits per heavy atom. The number of pyridine rings is 1. The van der Waals surface area contributed by atoms with E-state index in [9.17, 15) is 18.8 Å². The van der Waals surface area contributed by atoms with Crippen LogP contribution in [-0.2, 0) is 11.3 Å². The average molecular weight is 442 g/mol. The lowest BCUT2D eigenvalue weighted by Crippen LogP contribution is -2.37. The second-order valence-electron chi connectivity index (χ2n) is 7.52. The van der Waals surface area contributed by atoms with Crippen molar-refractivity contribution in [3.63, 3.8) is 0 Å².